The Kier molecular flexibility index (Phi) is 35.1. The molecule has 0 amide bonds. The molecule has 0 saturated heterocycles. The predicted molar refractivity (Wildman–Crippen MR) is 221 cm³/mol. The lowest BCUT2D eigenvalue weighted by atomic mass is 9.99. The predicted octanol–water partition coefficient (Wildman–Crippen LogP) is 9.76. The molecule has 4 N–H and O–H groups in total. The van der Waals surface area contributed by atoms with E-state index in [-0.39, 0.29) is 18.6 Å². The second-order valence-electron chi connectivity index (χ2n) is 14.9. The summed E-state index contributed by atoms with van der Waals surface area (Å²) in [6.07, 6.45) is 27.1. The Balaban J connectivity index is 4.62. The third-order valence-electron chi connectivity index (χ3n) is 9.35. The zero-order valence-electron chi connectivity index (χ0n) is 35.1. The Morgan fingerprint density at radius 1 is 0.614 bits per heavy atom. The van der Waals surface area contributed by atoms with Crippen LogP contribution in [0.1, 0.15) is 175 Å². The average Bonchev–Trinajstić information content (AvgIpc) is 3.16. The third-order valence-corrected chi connectivity index (χ3v) is 10.8. The zero-order chi connectivity index (χ0) is 42.6. The summed E-state index contributed by atoms with van der Waals surface area (Å²) in [7, 11) is -9.71. The second-order valence-corrected chi connectivity index (χ2v) is 17.6. The van der Waals surface area contributed by atoms with Crippen molar-refractivity contribution in [2.24, 2.45) is 5.92 Å². The minimum atomic E-state index is -4.87. The minimum absolute atomic E-state index is 0.0496. The number of ether oxygens (including phenoxy) is 2. The molecule has 334 valence electrons. The van der Waals surface area contributed by atoms with Crippen LogP contribution in [0, 0.1) is 5.92 Å². The third kappa shape index (κ3) is 39.5. The van der Waals surface area contributed by atoms with Gasteiger partial charge in [0, 0.05) is 19.3 Å². The smallest absolute Gasteiger partial charge is 0.462 e. The van der Waals surface area contributed by atoms with E-state index in [1.807, 2.05) is 6.08 Å². The van der Waals surface area contributed by atoms with Crippen molar-refractivity contribution in [1.82, 2.24) is 0 Å². The number of aliphatic hydroxyl groups excluding tert-OH is 1. The van der Waals surface area contributed by atoms with Crippen LogP contribution in [0.15, 0.2) is 24.3 Å². The molecule has 0 aromatic carbocycles. The lowest BCUT2D eigenvalue weighted by molar-refractivity contribution is -0.161. The van der Waals surface area contributed by atoms with Gasteiger partial charge in [0.05, 0.1) is 19.8 Å². The van der Waals surface area contributed by atoms with Crippen molar-refractivity contribution in [1.29, 1.82) is 0 Å². The van der Waals surface area contributed by atoms with Gasteiger partial charge in [-0.15, -0.1) is 0 Å². The molecule has 0 aliphatic rings. The lowest BCUT2D eigenvalue weighted by Gasteiger charge is -2.20. The molecule has 2 unspecified atom stereocenters. The first-order chi connectivity index (χ1) is 27.2. The Hall–Kier alpha value is -1.73. The summed E-state index contributed by atoms with van der Waals surface area (Å²) in [6, 6.07) is 0. The van der Waals surface area contributed by atoms with Crippen LogP contribution in [0.2, 0.25) is 0 Å². The summed E-state index contributed by atoms with van der Waals surface area (Å²) in [4.78, 5) is 64.7. The topological polar surface area (TPSA) is 212 Å². The van der Waals surface area contributed by atoms with Gasteiger partial charge in [-0.2, -0.15) is 0 Å². The summed E-state index contributed by atoms with van der Waals surface area (Å²) in [5.41, 5.74) is 0. The summed E-state index contributed by atoms with van der Waals surface area (Å²) in [6.45, 7) is 3.90. The molecule has 0 radical (unpaired) electrons. The Morgan fingerprint density at radius 3 is 1.72 bits per heavy atom. The largest absolute Gasteiger partial charge is 0.472 e. The molecule has 0 aliphatic carbocycles. The Morgan fingerprint density at radius 2 is 1.14 bits per heavy atom. The van der Waals surface area contributed by atoms with Crippen molar-refractivity contribution in [3.05, 3.63) is 24.3 Å². The van der Waals surface area contributed by atoms with Crippen LogP contribution in [0.3, 0.4) is 0 Å². The van der Waals surface area contributed by atoms with Crippen LogP contribution in [-0.4, -0.2) is 76.1 Å². The van der Waals surface area contributed by atoms with Gasteiger partial charge < -0.3 is 29.3 Å². The van der Waals surface area contributed by atoms with Crippen LogP contribution >= 0.6 is 15.6 Å². The SMILES string of the molecule is CCCCC/C=C\C=C\C(=O)CCCCCCCC(=O)O[C@H](COC(=O)CCCCCCCCCCCCC(C)CC)COP(=O)(O)OC[C@@H](O)COP(=O)(O)O. The number of phosphoric acid groups is 2. The van der Waals surface area contributed by atoms with Gasteiger partial charge in [-0.05, 0) is 44.1 Å². The lowest BCUT2D eigenvalue weighted by Crippen LogP contribution is -2.30. The highest BCUT2D eigenvalue weighted by Crippen LogP contribution is 2.43. The van der Waals surface area contributed by atoms with Crippen molar-refractivity contribution in [3.63, 3.8) is 0 Å². The maximum atomic E-state index is 12.6. The highest BCUT2D eigenvalue weighted by Gasteiger charge is 2.28. The number of rotatable bonds is 40. The normalized spacial score (nSPS) is 14.8. The van der Waals surface area contributed by atoms with Gasteiger partial charge in [0.25, 0.3) is 0 Å². The minimum Gasteiger partial charge on any atom is -0.462 e. The summed E-state index contributed by atoms with van der Waals surface area (Å²) in [5, 5.41) is 9.73. The molecule has 0 aromatic rings. The number of unbranched alkanes of at least 4 members (excludes halogenated alkanes) is 16. The number of hydrogen-bond donors (Lipinski definition) is 4. The fourth-order valence-electron chi connectivity index (χ4n) is 5.66. The van der Waals surface area contributed by atoms with Crippen LogP contribution in [0.5, 0.6) is 0 Å². The molecule has 0 heterocycles. The van der Waals surface area contributed by atoms with E-state index in [4.69, 9.17) is 23.8 Å². The van der Waals surface area contributed by atoms with E-state index in [9.17, 15) is 33.5 Å². The van der Waals surface area contributed by atoms with E-state index in [2.05, 4.69) is 35.9 Å². The first-order valence-electron chi connectivity index (χ1n) is 21.4. The Labute approximate surface area is 342 Å². The summed E-state index contributed by atoms with van der Waals surface area (Å²) < 4.78 is 47.6. The number of ketones is 1. The molecule has 0 rings (SSSR count). The summed E-state index contributed by atoms with van der Waals surface area (Å²) >= 11 is 0. The Bertz CT molecular complexity index is 1190. The number of carbonyl (C=O) groups is 3. The number of phosphoric ester groups is 2. The van der Waals surface area contributed by atoms with Crippen molar-refractivity contribution >= 4 is 33.4 Å². The molecule has 0 bridgehead atoms. The zero-order valence-corrected chi connectivity index (χ0v) is 36.9. The molecule has 0 spiro atoms. The van der Waals surface area contributed by atoms with Gasteiger partial charge >= 0.3 is 27.6 Å². The van der Waals surface area contributed by atoms with Crippen molar-refractivity contribution in [2.45, 2.75) is 187 Å². The summed E-state index contributed by atoms with van der Waals surface area (Å²) in [5.74, 6) is -0.226. The second kappa shape index (κ2) is 36.1. The van der Waals surface area contributed by atoms with E-state index in [1.165, 1.54) is 64.2 Å². The molecule has 4 atom stereocenters. The van der Waals surface area contributed by atoms with Gasteiger partial charge in [0.2, 0.25) is 0 Å². The molecule has 57 heavy (non-hydrogen) atoms. The van der Waals surface area contributed by atoms with Gasteiger partial charge in [-0.3, -0.25) is 28.0 Å². The highest BCUT2D eigenvalue weighted by molar-refractivity contribution is 7.47. The van der Waals surface area contributed by atoms with E-state index in [1.54, 1.807) is 12.2 Å². The average molecular weight is 855 g/mol. The quantitative estimate of drug-likeness (QED) is 0.0149. The van der Waals surface area contributed by atoms with Crippen molar-refractivity contribution < 1.29 is 66.3 Å². The van der Waals surface area contributed by atoms with E-state index < -0.39 is 66.2 Å². The first kappa shape index (κ1) is 55.3. The fourth-order valence-corrected chi connectivity index (χ4v) is 6.81. The number of esters is 2. The monoisotopic (exact) mass is 854 g/mol. The van der Waals surface area contributed by atoms with Gasteiger partial charge in [-0.1, -0.05) is 142 Å². The van der Waals surface area contributed by atoms with Crippen LogP contribution in [-0.2, 0) is 46.6 Å². The molecule has 14 nitrogen and oxygen atoms in total. The molecule has 0 fully saturated rings. The molecule has 0 saturated carbocycles. The van der Waals surface area contributed by atoms with Crippen LogP contribution in [0.4, 0.5) is 0 Å². The van der Waals surface area contributed by atoms with E-state index in [0.717, 1.165) is 63.7 Å². The highest BCUT2D eigenvalue weighted by atomic mass is 31.2. The number of hydrogen-bond acceptors (Lipinski definition) is 11. The first-order valence-corrected chi connectivity index (χ1v) is 24.4. The maximum Gasteiger partial charge on any atom is 0.472 e. The fraction of sp³-hybridized carbons (Fsp3) is 0.829. The molecule has 0 aromatic heterocycles. The van der Waals surface area contributed by atoms with Gasteiger partial charge in [-0.25, -0.2) is 9.13 Å². The molecule has 16 heteroatoms. The van der Waals surface area contributed by atoms with Crippen LogP contribution in [0.25, 0.3) is 0 Å². The number of carbonyl (C=O) groups excluding carboxylic acids is 3. The van der Waals surface area contributed by atoms with Gasteiger partial charge in [0.15, 0.2) is 11.9 Å². The molecular weight excluding hydrogens is 778 g/mol. The van der Waals surface area contributed by atoms with Crippen molar-refractivity contribution in [2.75, 3.05) is 26.4 Å². The maximum absolute atomic E-state index is 12.6. The standard InChI is InChI=1S/C41H76O14P2/c1-4-6-7-8-13-18-23-28-37(42)29-24-19-16-21-26-31-41(45)55-39(35-54-57(49,50)53-33-38(43)32-52-56(46,47)48)34-51-40(44)30-25-20-15-12-10-9-11-14-17-22-27-36(3)5-2/h13,18,23,28,36,38-39,43H,4-12,14-17,19-22,24-27,29-35H2,1-3H3,(H,49,50)(H2,46,47,48)/b18-13-,28-23+/t36?,38-,39+/m0/s1. The number of allylic oxidation sites excluding steroid dienone is 4. The van der Waals surface area contributed by atoms with Gasteiger partial charge in [0.1, 0.15) is 12.7 Å². The van der Waals surface area contributed by atoms with Crippen molar-refractivity contribution in [3.8, 4) is 0 Å². The number of aliphatic hydroxyl groups is 1. The van der Waals surface area contributed by atoms with Crippen LogP contribution < -0.4 is 0 Å². The molecule has 0 aliphatic heterocycles. The van der Waals surface area contributed by atoms with E-state index >= 15 is 0 Å². The molecular formula is C41H76O14P2. The van der Waals surface area contributed by atoms with E-state index in [0.29, 0.717) is 19.3 Å².